The molecule has 1 atom stereocenters. The molecule has 1 unspecified atom stereocenters. The predicted octanol–water partition coefficient (Wildman–Crippen LogP) is 4.73. The first-order valence-corrected chi connectivity index (χ1v) is 10.7. The van der Waals surface area contributed by atoms with Gasteiger partial charge in [0.25, 0.3) is 5.91 Å². The minimum Gasteiger partial charge on any atom is -0.487 e. The first-order chi connectivity index (χ1) is 15.7. The van der Waals surface area contributed by atoms with Crippen LogP contribution in [0.25, 0.3) is 0 Å². The Morgan fingerprint density at radius 3 is 2.78 bits per heavy atom. The van der Waals surface area contributed by atoms with E-state index in [0.29, 0.717) is 59.9 Å². The fourth-order valence-electron chi connectivity index (χ4n) is 3.43. The molecular weight excluding hydrogens is 434 g/mol. The van der Waals surface area contributed by atoms with Crippen LogP contribution in [-0.4, -0.2) is 43.0 Å². The molecule has 0 radical (unpaired) electrons. The molecule has 4 rings (SSSR count). The molecule has 0 saturated heterocycles. The molecule has 32 heavy (non-hydrogen) atoms. The maximum absolute atomic E-state index is 13.1. The topological polar surface area (TPSA) is 89.4 Å². The summed E-state index contributed by atoms with van der Waals surface area (Å²) in [5.41, 5.74) is 1.30. The van der Waals surface area contributed by atoms with Crippen molar-refractivity contribution >= 4 is 28.9 Å². The average Bonchev–Trinajstić information content (AvgIpc) is 3.56. The highest BCUT2D eigenvalue weighted by Crippen LogP contribution is 2.35. The van der Waals surface area contributed by atoms with Crippen molar-refractivity contribution in [3.05, 3.63) is 71.5 Å². The summed E-state index contributed by atoms with van der Waals surface area (Å²) < 4.78 is 22.1. The van der Waals surface area contributed by atoms with Crippen molar-refractivity contribution < 1.29 is 23.1 Å². The van der Waals surface area contributed by atoms with Crippen LogP contribution in [-0.2, 0) is 9.53 Å². The zero-order valence-corrected chi connectivity index (χ0v) is 18.4. The number of para-hydroxylation sites is 1. The number of anilines is 1. The molecule has 0 aliphatic carbocycles. The van der Waals surface area contributed by atoms with Gasteiger partial charge in [0.05, 0.1) is 36.4 Å². The van der Waals surface area contributed by atoms with Crippen LogP contribution in [0.15, 0.2) is 68.9 Å². The van der Waals surface area contributed by atoms with Crippen LogP contribution in [0, 0.1) is 0 Å². The Bertz CT molecular complexity index is 1050. The lowest BCUT2D eigenvalue weighted by molar-refractivity contribution is -0.131. The third-order valence-corrected chi connectivity index (χ3v) is 5.22. The predicted molar refractivity (Wildman–Crippen MR) is 120 cm³/mol. The highest BCUT2D eigenvalue weighted by atomic mass is 35.5. The van der Waals surface area contributed by atoms with Gasteiger partial charge in [0.2, 0.25) is 0 Å². The molecule has 0 fully saturated rings. The molecule has 1 aliphatic heterocycles. The first kappa shape index (κ1) is 22.0. The molecule has 1 aromatic carbocycles. The second kappa shape index (κ2) is 10.4. The van der Waals surface area contributed by atoms with Gasteiger partial charge in [0, 0.05) is 13.0 Å². The molecule has 168 valence electrons. The summed E-state index contributed by atoms with van der Waals surface area (Å²) in [6.07, 6.45) is 3.66. The van der Waals surface area contributed by atoms with Gasteiger partial charge in [0.1, 0.15) is 29.9 Å². The van der Waals surface area contributed by atoms with Crippen LogP contribution in [0.2, 0.25) is 5.02 Å². The number of hydrogen-bond donors (Lipinski definition) is 1. The van der Waals surface area contributed by atoms with E-state index in [2.05, 4.69) is 10.4 Å². The summed E-state index contributed by atoms with van der Waals surface area (Å²) >= 11 is 6.31. The summed E-state index contributed by atoms with van der Waals surface area (Å²) in [7, 11) is 0. The van der Waals surface area contributed by atoms with E-state index in [1.807, 2.05) is 19.1 Å². The summed E-state index contributed by atoms with van der Waals surface area (Å²) in [5.74, 6) is 1.54. The summed E-state index contributed by atoms with van der Waals surface area (Å²) in [5, 5.41) is 9.53. The molecule has 8 nitrogen and oxygen atoms in total. The van der Waals surface area contributed by atoms with E-state index in [-0.39, 0.29) is 18.5 Å². The van der Waals surface area contributed by atoms with Crippen LogP contribution in [0.3, 0.4) is 0 Å². The lowest BCUT2D eigenvalue weighted by Crippen LogP contribution is -2.32. The second-order valence-electron chi connectivity index (χ2n) is 7.01. The van der Waals surface area contributed by atoms with E-state index in [0.717, 1.165) is 0 Å². The molecule has 0 bridgehead atoms. The summed E-state index contributed by atoms with van der Waals surface area (Å²) in [6.45, 7) is 3.32. The Morgan fingerprint density at radius 2 is 2.03 bits per heavy atom. The van der Waals surface area contributed by atoms with Crippen LogP contribution in [0.5, 0.6) is 5.75 Å². The quantitative estimate of drug-likeness (QED) is 0.442. The van der Waals surface area contributed by atoms with Crippen molar-refractivity contribution in [2.45, 2.75) is 19.4 Å². The number of furan rings is 2. The van der Waals surface area contributed by atoms with Crippen molar-refractivity contribution in [3.63, 3.8) is 0 Å². The Balaban J connectivity index is 1.47. The van der Waals surface area contributed by atoms with Gasteiger partial charge in [0.15, 0.2) is 5.75 Å². The third-order valence-electron chi connectivity index (χ3n) is 4.92. The van der Waals surface area contributed by atoms with Crippen molar-refractivity contribution in [3.8, 4) is 5.75 Å². The van der Waals surface area contributed by atoms with Gasteiger partial charge in [-0.3, -0.25) is 4.79 Å². The van der Waals surface area contributed by atoms with Crippen LogP contribution in [0.1, 0.15) is 30.9 Å². The standard InChI is InChI=1S/C23H24ClN3O5/c1-2-29-12-13-32-23-16(24)6-3-7-17(23)25-15-22(28)27-19(21-9-5-11-31-21)14-18(26-27)20-8-4-10-30-20/h3-11,19,25H,2,12-15H2,1H3. The molecule has 0 saturated carbocycles. The average molecular weight is 458 g/mol. The highest BCUT2D eigenvalue weighted by molar-refractivity contribution is 6.32. The maximum atomic E-state index is 13.1. The molecule has 1 N–H and O–H groups in total. The number of amides is 1. The molecule has 3 heterocycles. The Morgan fingerprint density at radius 1 is 1.19 bits per heavy atom. The Labute approximate surface area is 190 Å². The van der Waals surface area contributed by atoms with E-state index in [4.69, 9.17) is 29.9 Å². The number of ether oxygens (including phenoxy) is 2. The van der Waals surface area contributed by atoms with Crippen molar-refractivity contribution in [1.82, 2.24) is 5.01 Å². The second-order valence-corrected chi connectivity index (χ2v) is 7.42. The third kappa shape index (κ3) is 4.98. The number of hydrogen-bond acceptors (Lipinski definition) is 7. The number of hydrazone groups is 1. The van der Waals surface area contributed by atoms with Gasteiger partial charge in [-0.05, 0) is 43.3 Å². The van der Waals surface area contributed by atoms with Gasteiger partial charge in [-0.1, -0.05) is 17.7 Å². The lowest BCUT2D eigenvalue weighted by Gasteiger charge is -2.21. The zero-order chi connectivity index (χ0) is 22.3. The lowest BCUT2D eigenvalue weighted by atomic mass is 10.1. The van der Waals surface area contributed by atoms with E-state index in [1.54, 1.807) is 42.9 Å². The smallest absolute Gasteiger partial charge is 0.262 e. The molecule has 2 aromatic heterocycles. The zero-order valence-electron chi connectivity index (χ0n) is 17.6. The van der Waals surface area contributed by atoms with E-state index >= 15 is 0 Å². The molecular formula is C23H24ClN3O5. The summed E-state index contributed by atoms with van der Waals surface area (Å²) in [6, 6.07) is 12.2. The number of benzene rings is 1. The minimum atomic E-state index is -0.347. The van der Waals surface area contributed by atoms with E-state index in [9.17, 15) is 4.79 Å². The highest BCUT2D eigenvalue weighted by Gasteiger charge is 2.35. The first-order valence-electron chi connectivity index (χ1n) is 10.4. The monoisotopic (exact) mass is 457 g/mol. The number of halogens is 1. The fourth-order valence-corrected chi connectivity index (χ4v) is 3.66. The number of nitrogens with one attached hydrogen (secondary N) is 1. The van der Waals surface area contributed by atoms with Crippen LogP contribution in [0.4, 0.5) is 5.69 Å². The van der Waals surface area contributed by atoms with Crippen LogP contribution >= 0.6 is 11.6 Å². The van der Waals surface area contributed by atoms with Crippen molar-refractivity contribution in [2.24, 2.45) is 5.10 Å². The largest absolute Gasteiger partial charge is 0.487 e. The van der Waals surface area contributed by atoms with Crippen molar-refractivity contribution in [1.29, 1.82) is 0 Å². The fraction of sp³-hybridized carbons (Fsp3) is 0.304. The van der Waals surface area contributed by atoms with Gasteiger partial charge < -0.3 is 23.6 Å². The normalized spacial score (nSPS) is 15.6. The molecule has 1 amide bonds. The Hall–Kier alpha value is -3.23. The number of nitrogens with zero attached hydrogens (tertiary/aromatic N) is 2. The molecule has 0 spiro atoms. The van der Waals surface area contributed by atoms with Gasteiger partial charge in [-0.2, -0.15) is 5.10 Å². The number of rotatable bonds is 10. The molecule has 9 heteroatoms. The van der Waals surface area contributed by atoms with Gasteiger partial charge >= 0.3 is 0 Å². The van der Waals surface area contributed by atoms with Crippen LogP contribution < -0.4 is 10.1 Å². The Kier molecular flexibility index (Phi) is 7.14. The molecule has 3 aromatic rings. The SMILES string of the molecule is CCOCCOc1c(Cl)cccc1NCC(=O)N1N=C(c2ccco2)CC1c1ccco1. The molecule has 1 aliphatic rings. The van der Waals surface area contributed by atoms with Gasteiger partial charge in [-0.15, -0.1) is 0 Å². The van der Waals surface area contributed by atoms with E-state index < -0.39 is 0 Å². The summed E-state index contributed by atoms with van der Waals surface area (Å²) in [4.78, 5) is 13.1. The minimum absolute atomic E-state index is 0.00565. The van der Waals surface area contributed by atoms with E-state index in [1.165, 1.54) is 5.01 Å². The number of carbonyl (C=O) groups is 1. The maximum Gasteiger partial charge on any atom is 0.262 e. The van der Waals surface area contributed by atoms with Crippen molar-refractivity contribution in [2.75, 3.05) is 31.7 Å². The van der Waals surface area contributed by atoms with Gasteiger partial charge in [-0.25, -0.2) is 5.01 Å². The number of carbonyl (C=O) groups excluding carboxylic acids is 1.